The molecule has 0 aromatic heterocycles. The molecule has 0 saturated heterocycles. The molecule has 0 bridgehead atoms. The van der Waals surface area contributed by atoms with E-state index in [1.165, 1.54) is 0 Å². The van der Waals surface area contributed by atoms with Gasteiger partial charge in [-0.05, 0) is 38.6 Å². The van der Waals surface area contributed by atoms with Crippen molar-refractivity contribution in [3.05, 3.63) is 0 Å². The number of rotatable bonds is 3. The molecule has 0 amide bonds. The fourth-order valence-corrected chi connectivity index (χ4v) is 1.66. The van der Waals surface area contributed by atoms with Crippen molar-refractivity contribution in [3.8, 4) is 11.8 Å². The Hall–Kier alpha value is -0.520. The van der Waals surface area contributed by atoms with E-state index in [9.17, 15) is 5.11 Å². The number of hydrogen-bond acceptors (Lipinski definition) is 2. The van der Waals surface area contributed by atoms with Gasteiger partial charge in [0.25, 0.3) is 0 Å². The van der Waals surface area contributed by atoms with Gasteiger partial charge in [-0.25, -0.2) is 0 Å². The first-order valence-corrected chi connectivity index (χ1v) is 4.61. The van der Waals surface area contributed by atoms with Crippen molar-refractivity contribution in [2.45, 2.75) is 32.3 Å². The molecule has 2 nitrogen and oxygen atoms in total. The minimum Gasteiger partial charge on any atom is -0.393 e. The first-order valence-electron chi connectivity index (χ1n) is 4.61. The monoisotopic (exact) mass is 167 g/mol. The third-order valence-electron chi connectivity index (χ3n) is 2.34. The van der Waals surface area contributed by atoms with Crippen LogP contribution in [0.25, 0.3) is 0 Å². The molecule has 68 valence electrons. The van der Waals surface area contributed by atoms with Gasteiger partial charge in [-0.2, -0.15) is 0 Å². The first-order chi connectivity index (χ1) is 5.83. The largest absolute Gasteiger partial charge is 0.393 e. The van der Waals surface area contributed by atoms with Gasteiger partial charge in [0.2, 0.25) is 0 Å². The van der Waals surface area contributed by atoms with Crippen molar-refractivity contribution in [1.29, 1.82) is 0 Å². The maximum atomic E-state index is 9.25. The molecule has 2 heteroatoms. The lowest BCUT2D eigenvalue weighted by atomic mass is 10.1. The molecule has 12 heavy (non-hydrogen) atoms. The molecule has 0 aromatic carbocycles. The molecule has 2 atom stereocenters. The van der Waals surface area contributed by atoms with Crippen LogP contribution >= 0.6 is 0 Å². The Balaban J connectivity index is 2.03. The lowest BCUT2D eigenvalue weighted by molar-refractivity contribution is 0.177. The highest BCUT2D eigenvalue weighted by Crippen LogP contribution is 2.24. The summed E-state index contributed by atoms with van der Waals surface area (Å²) in [5, 5.41) is 12.5. The molecule has 1 fully saturated rings. The molecule has 1 rings (SSSR count). The minimum absolute atomic E-state index is 0.0472. The predicted molar refractivity (Wildman–Crippen MR) is 49.7 cm³/mol. The predicted octanol–water partition coefficient (Wildman–Crippen LogP) is 0.760. The van der Waals surface area contributed by atoms with E-state index in [-0.39, 0.29) is 6.10 Å². The third-order valence-corrected chi connectivity index (χ3v) is 2.34. The summed E-state index contributed by atoms with van der Waals surface area (Å²) >= 11 is 0. The van der Waals surface area contributed by atoms with Crippen LogP contribution in [0, 0.1) is 17.8 Å². The van der Waals surface area contributed by atoms with Gasteiger partial charge in [0.15, 0.2) is 0 Å². The van der Waals surface area contributed by atoms with E-state index in [1.807, 2.05) is 6.92 Å². The van der Waals surface area contributed by atoms with Gasteiger partial charge in [-0.3, -0.25) is 0 Å². The topological polar surface area (TPSA) is 32.3 Å². The summed E-state index contributed by atoms with van der Waals surface area (Å²) in [6.45, 7) is 3.63. The molecular formula is C10H17NO. The second-order valence-electron chi connectivity index (χ2n) is 3.39. The highest BCUT2D eigenvalue weighted by Gasteiger charge is 2.21. The van der Waals surface area contributed by atoms with Crippen LogP contribution in [0.2, 0.25) is 0 Å². The van der Waals surface area contributed by atoms with E-state index in [4.69, 9.17) is 0 Å². The zero-order valence-electron chi connectivity index (χ0n) is 7.64. The average molecular weight is 167 g/mol. The summed E-state index contributed by atoms with van der Waals surface area (Å²) in [5.41, 5.74) is 0. The standard InChI is InChI=1S/C10H17NO/c1-2-3-6-11-8-9-4-5-10(12)7-9/h9-12H,4-8H2,1H3. The van der Waals surface area contributed by atoms with Gasteiger partial charge in [0, 0.05) is 0 Å². The quantitative estimate of drug-likeness (QED) is 0.480. The summed E-state index contributed by atoms with van der Waals surface area (Å²) < 4.78 is 0. The molecule has 1 aliphatic rings. The Morgan fingerprint density at radius 2 is 2.33 bits per heavy atom. The molecule has 2 unspecified atom stereocenters. The van der Waals surface area contributed by atoms with E-state index in [1.54, 1.807) is 0 Å². The van der Waals surface area contributed by atoms with Gasteiger partial charge >= 0.3 is 0 Å². The van der Waals surface area contributed by atoms with Gasteiger partial charge in [-0.15, -0.1) is 5.92 Å². The molecule has 0 aromatic rings. The maximum Gasteiger partial charge on any atom is 0.0576 e. The van der Waals surface area contributed by atoms with E-state index in [0.29, 0.717) is 5.92 Å². The molecule has 1 aliphatic carbocycles. The fraction of sp³-hybridized carbons (Fsp3) is 0.800. The van der Waals surface area contributed by atoms with E-state index in [2.05, 4.69) is 17.2 Å². The molecule has 0 radical (unpaired) electrons. The van der Waals surface area contributed by atoms with Crippen molar-refractivity contribution in [3.63, 3.8) is 0 Å². The number of aliphatic hydroxyl groups is 1. The van der Waals surface area contributed by atoms with Crippen molar-refractivity contribution in [2.75, 3.05) is 13.1 Å². The Morgan fingerprint density at radius 3 is 2.92 bits per heavy atom. The van der Waals surface area contributed by atoms with Gasteiger partial charge < -0.3 is 10.4 Å². The Morgan fingerprint density at radius 1 is 1.50 bits per heavy atom. The molecule has 0 spiro atoms. The van der Waals surface area contributed by atoms with Crippen LogP contribution in [-0.2, 0) is 0 Å². The van der Waals surface area contributed by atoms with Crippen LogP contribution in [0.1, 0.15) is 26.2 Å². The smallest absolute Gasteiger partial charge is 0.0576 e. The summed E-state index contributed by atoms with van der Waals surface area (Å²) in [7, 11) is 0. The Bertz CT molecular complexity index is 180. The normalized spacial score (nSPS) is 28.2. The second kappa shape index (κ2) is 5.18. The summed E-state index contributed by atoms with van der Waals surface area (Å²) in [5.74, 6) is 6.47. The minimum atomic E-state index is -0.0472. The molecule has 1 saturated carbocycles. The zero-order valence-corrected chi connectivity index (χ0v) is 7.64. The van der Waals surface area contributed by atoms with Crippen LogP contribution in [0.4, 0.5) is 0 Å². The van der Waals surface area contributed by atoms with Crippen molar-refractivity contribution >= 4 is 0 Å². The van der Waals surface area contributed by atoms with Crippen molar-refractivity contribution < 1.29 is 5.11 Å². The summed E-state index contributed by atoms with van der Waals surface area (Å²) in [6, 6.07) is 0. The SMILES string of the molecule is CC#CCNCC1CCC(O)C1. The second-order valence-corrected chi connectivity index (χ2v) is 3.39. The lowest BCUT2D eigenvalue weighted by Crippen LogP contribution is -2.21. The highest BCUT2D eigenvalue weighted by atomic mass is 16.3. The zero-order chi connectivity index (χ0) is 8.81. The van der Waals surface area contributed by atoms with Gasteiger partial charge in [-0.1, -0.05) is 5.92 Å². The van der Waals surface area contributed by atoms with Gasteiger partial charge in [0.1, 0.15) is 0 Å². The fourth-order valence-electron chi connectivity index (χ4n) is 1.66. The van der Waals surface area contributed by atoms with E-state index >= 15 is 0 Å². The molecular weight excluding hydrogens is 150 g/mol. The highest BCUT2D eigenvalue weighted by molar-refractivity contribution is 4.97. The summed E-state index contributed by atoms with van der Waals surface area (Å²) in [4.78, 5) is 0. The van der Waals surface area contributed by atoms with Crippen molar-refractivity contribution in [2.24, 2.45) is 5.92 Å². The van der Waals surface area contributed by atoms with Crippen LogP contribution in [0.15, 0.2) is 0 Å². The van der Waals surface area contributed by atoms with Crippen LogP contribution in [0.5, 0.6) is 0 Å². The van der Waals surface area contributed by atoms with E-state index < -0.39 is 0 Å². The van der Waals surface area contributed by atoms with Crippen molar-refractivity contribution in [1.82, 2.24) is 5.32 Å². The summed E-state index contributed by atoms with van der Waals surface area (Å²) in [6.07, 6.45) is 3.06. The lowest BCUT2D eigenvalue weighted by Gasteiger charge is -2.07. The van der Waals surface area contributed by atoms with E-state index in [0.717, 1.165) is 32.4 Å². The average Bonchev–Trinajstić information content (AvgIpc) is 2.45. The van der Waals surface area contributed by atoms with Crippen LogP contribution in [-0.4, -0.2) is 24.3 Å². The van der Waals surface area contributed by atoms with Crippen LogP contribution < -0.4 is 5.32 Å². The molecule has 2 N–H and O–H groups in total. The molecule has 0 aliphatic heterocycles. The number of aliphatic hydroxyl groups excluding tert-OH is 1. The third kappa shape index (κ3) is 3.25. The maximum absolute atomic E-state index is 9.25. The van der Waals surface area contributed by atoms with Gasteiger partial charge in [0.05, 0.1) is 12.6 Å². The number of hydrogen-bond donors (Lipinski definition) is 2. The number of nitrogens with one attached hydrogen (secondary N) is 1. The van der Waals surface area contributed by atoms with Crippen LogP contribution in [0.3, 0.4) is 0 Å². The Labute approximate surface area is 74.4 Å². The molecule has 0 heterocycles. The Kier molecular flexibility index (Phi) is 4.13. The first kappa shape index (κ1) is 9.57.